The number of benzene rings is 2. The molecule has 0 saturated heterocycles. The Kier molecular flexibility index (Phi) is 4.90. The molecule has 1 aromatic heterocycles. The molecule has 5 heteroatoms. The summed E-state index contributed by atoms with van der Waals surface area (Å²) < 4.78 is 12.3. The van der Waals surface area contributed by atoms with Gasteiger partial charge in [-0.15, -0.1) is 0 Å². The van der Waals surface area contributed by atoms with E-state index in [1.54, 1.807) is 18.0 Å². The van der Waals surface area contributed by atoms with Crippen molar-refractivity contribution in [1.29, 1.82) is 0 Å². The second-order valence-electron chi connectivity index (χ2n) is 5.63. The minimum atomic E-state index is -0.157. The van der Waals surface area contributed by atoms with Crippen molar-refractivity contribution in [3.8, 4) is 5.75 Å². The fourth-order valence-electron chi connectivity index (χ4n) is 2.42. The van der Waals surface area contributed by atoms with Crippen molar-refractivity contribution in [2.24, 2.45) is 0 Å². The van der Waals surface area contributed by atoms with Crippen molar-refractivity contribution in [1.82, 2.24) is 4.90 Å². The molecule has 3 aromatic rings. The maximum atomic E-state index is 12.5. The zero-order valence-electron chi connectivity index (χ0n) is 13.6. The normalized spacial score (nSPS) is 10.8. The van der Waals surface area contributed by atoms with Gasteiger partial charge in [-0.25, -0.2) is 0 Å². The molecule has 4 nitrogen and oxygen atoms in total. The minimum Gasteiger partial charge on any atom is -0.491 e. The van der Waals surface area contributed by atoms with Gasteiger partial charge < -0.3 is 14.1 Å². The predicted octanol–water partition coefficient (Wildman–Crippen LogP) is 4.65. The summed E-state index contributed by atoms with van der Waals surface area (Å²) in [5.74, 6) is 1.02. The molecule has 0 aliphatic carbocycles. The van der Waals surface area contributed by atoms with E-state index in [1.807, 2.05) is 49.4 Å². The number of hydrogen-bond donors (Lipinski definition) is 0. The number of rotatable bonds is 5. The molecule has 0 spiro atoms. The molecule has 24 heavy (non-hydrogen) atoms. The topological polar surface area (TPSA) is 42.7 Å². The molecule has 2 aromatic carbocycles. The molecule has 0 unspecified atom stereocenters. The summed E-state index contributed by atoms with van der Waals surface area (Å²) >= 11 is 3.42. The van der Waals surface area contributed by atoms with Crippen LogP contribution in [0.3, 0.4) is 0 Å². The largest absolute Gasteiger partial charge is 0.491 e. The second kappa shape index (κ2) is 7.09. The van der Waals surface area contributed by atoms with Crippen LogP contribution in [0.1, 0.15) is 16.1 Å². The second-order valence-corrected chi connectivity index (χ2v) is 6.55. The smallest absolute Gasteiger partial charge is 0.289 e. The van der Waals surface area contributed by atoms with E-state index >= 15 is 0 Å². The van der Waals surface area contributed by atoms with Crippen LogP contribution < -0.4 is 4.74 Å². The Morgan fingerprint density at radius 1 is 1.21 bits per heavy atom. The molecule has 124 valence electrons. The monoisotopic (exact) mass is 387 g/mol. The van der Waals surface area contributed by atoms with Gasteiger partial charge in [-0.1, -0.05) is 34.1 Å². The number of carbonyl (C=O) groups is 1. The Morgan fingerprint density at radius 2 is 2.00 bits per heavy atom. The Balaban J connectivity index is 1.62. The molecule has 0 N–H and O–H groups in total. The minimum absolute atomic E-state index is 0.157. The van der Waals surface area contributed by atoms with Crippen molar-refractivity contribution in [2.75, 3.05) is 20.2 Å². The summed E-state index contributed by atoms with van der Waals surface area (Å²) in [6.07, 6.45) is 0. The van der Waals surface area contributed by atoms with Gasteiger partial charge in [-0.2, -0.15) is 0 Å². The predicted molar refractivity (Wildman–Crippen MR) is 97.5 cm³/mol. The van der Waals surface area contributed by atoms with Crippen molar-refractivity contribution >= 4 is 32.8 Å². The Labute approximate surface area is 149 Å². The van der Waals surface area contributed by atoms with Crippen LogP contribution in [0.2, 0.25) is 0 Å². The number of para-hydroxylation sites is 1. The highest BCUT2D eigenvalue weighted by Gasteiger charge is 2.17. The lowest BCUT2D eigenvalue weighted by Crippen LogP contribution is -2.30. The third kappa shape index (κ3) is 3.62. The van der Waals surface area contributed by atoms with E-state index in [0.717, 1.165) is 21.2 Å². The lowest BCUT2D eigenvalue weighted by Gasteiger charge is -2.16. The number of amides is 1. The van der Waals surface area contributed by atoms with Crippen molar-refractivity contribution in [2.45, 2.75) is 6.92 Å². The highest BCUT2D eigenvalue weighted by Crippen LogP contribution is 2.24. The first-order valence-corrected chi connectivity index (χ1v) is 8.47. The van der Waals surface area contributed by atoms with Crippen molar-refractivity contribution in [3.63, 3.8) is 0 Å². The summed E-state index contributed by atoms with van der Waals surface area (Å²) in [6, 6.07) is 15.3. The fourth-order valence-corrected chi connectivity index (χ4v) is 2.80. The van der Waals surface area contributed by atoms with Crippen LogP contribution in [-0.2, 0) is 0 Å². The van der Waals surface area contributed by atoms with E-state index < -0.39 is 0 Å². The Morgan fingerprint density at radius 3 is 2.79 bits per heavy atom. The summed E-state index contributed by atoms with van der Waals surface area (Å²) in [7, 11) is 1.74. The van der Waals surface area contributed by atoms with E-state index in [2.05, 4.69) is 15.9 Å². The Hall–Kier alpha value is -2.27. The van der Waals surface area contributed by atoms with Crippen LogP contribution in [0.25, 0.3) is 11.0 Å². The molecule has 0 bridgehead atoms. The number of furan rings is 1. The van der Waals surface area contributed by atoms with Gasteiger partial charge in [-0.3, -0.25) is 4.79 Å². The van der Waals surface area contributed by atoms with Gasteiger partial charge in [0.05, 0.1) is 6.54 Å². The first-order valence-electron chi connectivity index (χ1n) is 7.67. The average Bonchev–Trinajstić information content (AvgIpc) is 2.98. The number of ether oxygens (including phenoxy) is 1. The third-order valence-corrected chi connectivity index (χ3v) is 4.31. The van der Waals surface area contributed by atoms with Crippen LogP contribution in [0.5, 0.6) is 5.75 Å². The maximum absolute atomic E-state index is 12.5. The molecular formula is C19H18BrNO3. The highest BCUT2D eigenvalue weighted by molar-refractivity contribution is 9.10. The van der Waals surface area contributed by atoms with E-state index in [4.69, 9.17) is 9.15 Å². The van der Waals surface area contributed by atoms with E-state index in [1.165, 1.54) is 0 Å². The average molecular weight is 388 g/mol. The molecule has 0 fully saturated rings. The van der Waals surface area contributed by atoms with Gasteiger partial charge in [0, 0.05) is 16.9 Å². The lowest BCUT2D eigenvalue weighted by molar-refractivity contribution is 0.0744. The fraction of sp³-hybridized carbons (Fsp3) is 0.211. The summed E-state index contributed by atoms with van der Waals surface area (Å²) in [6.45, 7) is 2.91. The lowest BCUT2D eigenvalue weighted by atomic mass is 10.2. The van der Waals surface area contributed by atoms with Crippen LogP contribution >= 0.6 is 15.9 Å². The van der Waals surface area contributed by atoms with E-state index in [9.17, 15) is 4.79 Å². The Bertz CT molecular complexity index is 872. The summed E-state index contributed by atoms with van der Waals surface area (Å²) in [5.41, 5.74) is 1.78. The van der Waals surface area contributed by atoms with Crippen LogP contribution in [0.15, 0.2) is 57.4 Å². The highest BCUT2D eigenvalue weighted by atomic mass is 79.9. The van der Waals surface area contributed by atoms with Crippen LogP contribution in [0.4, 0.5) is 0 Å². The molecule has 1 amide bonds. The standard InChI is InChI=1S/C19H18BrNO3/c1-13-5-3-4-6-16(13)23-10-9-21(2)19(22)18-12-14-11-15(20)7-8-17(14)24-18/h3-8,11-12H,9-10H2,1-2H3. The zero-order chi connectivity index (χ0) is 17.1. The number of hydrogen-bond acceptors (Lipinski definition) is 3. The number of nitrogens with zero attached hydrogens (tertiary/aromatic N) is 1. The molecule has 0 saturated carbocycles. The maximum Gasteiger partial charge on any atom is 0.289 e. The molecular weight excluding hydrogens is 370 g/mol. The first-order chi connectivity index (χ1) is 11.5. The van der Waals surface area contributed by atoms with Crippen molar-refractivity contribution in [3.05, 3.63) is 64.3 Å². The van der Waals surface area contributed by atoms with Gasteiger partial charge in [-0.05, 0) is 42.8 Å². The van der Waals surface area contributed by atoms with Gasteiger partial charge in [0.15, 0.2) is 5.76 Å². The summed E-state index contributed by atoms with van der Waals surface area (Å²) in [4.78, 5) is 14.1. The molecule has 0 radical (unpaired) electrons. The molecule has 0 atom stereocenters. The molecule has 0 aliphatic rings. The van der Waals surface area contributed by atoms with Gasteiger partial charge in [0.25, 0.3) is 5.91 Å². The number of likely N-dealkylation sites (N-methyl/N-ethyl adjacent to an activating group) is 1. The van der Waals surface area contributed by atoms with E-state index in [0.29, 0.717) is 24.5 Å². The SMILES string of the molecule is Cc1ccccc1OCCN(C)C(=O)c1cc2cc(Br)ccc2o1. The molecule has 0 aliphatic heterocycles. The van der Waals surface area contributed by atoms with Gasteiger partial charge >= 0.3 is 0 Å². The number of fused-ring (bicyclic) bond motifs is 1. The van der Waals surface area contributed by atoms with E-state index in [-0.39, 0.29) is 5.91 Å². The van der Waals surface area contributed by atoms with Gasteiger partial charge in [0.1, 0.15) is 17.9 Å². The molecule has 1 heterocycles. The number of halogens is 1. The third-order valence-electron chi connectivity index (χ3n) is 3.81. The summed E-state index contributed by atoms with van der Waals surface area (Å²) in [5, 5.41) is 0.900. The molecule has 3 rings (SSSR count). The van der Waals surface area contributed by atoms with Gasteiger partial charge in [0.2, 0.25) is 0 Å². The zero-order valence-corrected chi connectivity index (χ0v) is 15.2. The number of carbonyl (C=O) groups excluding carboxylic acids is 1. The first kappa shape index (κ1) is 16.6. The van der Waals surface area contributed by atoms with Crippen molar-refractivity contribution < 1.29 is 13.9 Å². The van der Waals surface area contributed by atoms with Crippen LogP contribution in [-0.4, -0.2) is 31.0 Å². The van der Waals surface area contributed by atoms with Crippen LogP contribution in [0, 0.1) is 6.92 Å². The quantitative estimate of drug-likeness (QED) is 0.639. The number of aryl methyl sites for hydroxylation is 1.